The normalized spacial score (nSPS) is 12.7. The molecule has 56 valence electrons. The lowest BCUT2D eigenvalue weighted by atomic mass is 11.8. The summed E-state index contributed by atoms with van der Waals surface area (Å²) in [5.74, 6) is 0. The van der Waals surface area contributed by atoms with Gasteiger partial charge in [0.2, 0.25) is 0 Å². The van der Waals surface area contributed by atoms with Crippen LogP contribution in [0.2, 0.25) is 39.3 Å². The largest absolute Gasteiger partial charge is 0.187 e. The molecule has 3 heteroatoms. The monoisotopic (exact) mass is 176 g/mol. The van der Waals surface area contributed by atoms with Crippen molar-refractivity contribution < 1.29 is 0 Å². The topological polar surface area (TPSA) is 0 Å². The minimum absolute atomic E-state index is 0. The molecule has 9 heavy (non-hydrogen) atoms. The fourth-order valence-electron chi connectivity index (χ4n) is 0. The summed E-state index contributed by atoms with van der Waals surface area (Å²) >= 11 is 0. The molecule has 0 aliphatic heterocycles. The Morgan fingerprint density at radius 2 is 0.667 bits per heavy atom. The summed E-state index contributed by atoms with van der Waals surface area (Å²) < 4.78 is 0. The van der Waals surface area contributed by atoms with Gasteiger partial charge in [-0.15, -0.1) is 0 Å². The van der Waals surface area contributed by atoms with E-state index in [0.29, 0.717) is 0 Å². The third kappa shape index (κ3) is 4.38. The number of rotatable bonds is 1. The Hall–Kier alpha value is 0.966. The van der Waals surface area contributed by atoms with Crippen molar-refractivity contribution in [2.45, 2.75) is 39.3 Å². The molecule has 0 radical (unpaired) electrons. The molecule has 0 heterocycles. The Kier molecular flexibility index (Phi) is 4.75. The van der Waals surface area contributed by atoms with Crippen molar-refractivity contribution in [2.24, 2.45) is 0 Å². The van der Waals surface area contributed by atoms with Crippen molar-refractivity contribution in [3.8, 4) is 0 Å². The van der Waals surface area contributed by atoms with E-state index in [2.05, 4.69) is 39.3 Å². The molecule has 0 atom stereocenters. The van der Waals surface area contributed by atoms with Gasteiger partial charge in [0.15, 0.2) is 17.4 Å². The van der Waals surface area contributed by atoms with Crippen LogP contribution >= 0.6 is 0 Å². The SMILES string of the molecule is C[Si](C)(C)[Si](C)(C)C.[AlH3]. The summed E-state index contributed by atoms with van der Waals surface area (Å²) in [5.41, 5.74) is 0. The quantitative estimate of drug-likeness (QED) is 0.532. The van der Waals surface area contributed by atoms with Gasteiger partial charge in [0.1, 0.15) is 0 Å². The predicted molar refractivity (Wildman–Crippen MR) is 56.6 cm³/mol. The summed E-state index contributed by atoms with van der Waals surface area (Å²) in [6.45, 7) is 14.8. The highest BCUT2D eigenvalue weighted by Crippen LogP contribution is 2.16. The Morgan fingerprint density at radius 3 is 0.667 bits per heavy atom. The van der Waals surface area contributed by atoms with Gasteiger partial charge in [-0.25, -0.2) is 0 Å². The van der Waals surface area contributed by atoms with Gasteiger partial charge in [0.05, 0.1) is 0 Å². The molecule has 0 spiro atoms. The Labute approximate surface area is 72.0 Å². The van der Waals surface area contributed by atoms with Crippen LogP contribution < -0.4 is 0 Å². The third-order valence-electron chi connectivity index (χ3n) is 2.25. The lowest BCUT2D eigenvalue weighted by molar-refractivity contribution is 1.71. The van der Waals surface area contributed by atoms with Crippen LogP contribution in [0.15, 0.2) is 0 Å². The number of hydrogen-bond acceptors (Lipinski definition) is 0. The standard InChI is InChI=1S/C6H18Si2.Al.3H/c1-7(2,3)8(4,5)6;;;;/h1-6H3;;;;. The second-order valence-corrected chi connectivity index (χ2v) is 22.5. The van der Waals surface area contributed by atoms with Crippen LogP contribution in [0, 0.1) is 0 Å². The maximum absolute atomic E-state index is 2.47. The average molecular weight is 176 g/mol. The lowest BCUT2D eigenvalue weighted by Gasteiger charge is -2.30. The van der Waals surface area contributed by atoms with Crippen molar-refractivity contribution in [1.29, 1.82) is 0 Å². The van der Waals surface area contributed by atoms with Gasteiger partial charge in [-0.2, -0.15) is 0 Å². The molecular formula is C6H21AlSi2. The highest BCUT2D eigenvalue weighted by molar-refractivity contribution is 7.39. The summed E-state index contributed by atoms with van der Waals surface area (Å²) in [7, 11) is -1.44. The molecule has 0 N–H and O–H groups in total. The molecule has 0 rings (SSSR count). The second kappa shape index (κ2) is 3.38. The predicted octanol–water partition coefficient (Wildman–Crippen LogP) is 1.56. The van der Waals surface area contributed by atoms with E-state index in [1.165, 1.54) is 0 Å². The first-order valence-corrected chi connectivity index (χ1v) is 11.2. The van der Waals surface area contributed by atoms with Crippen LogP contribution in [0.4, 0.5) is 0 Å². The molecule has 0 fully saturated rings. The molecule has 0 unspecified atom stereocenters. The third-order valence-corrected chi connectivity index (χ3v) is 20.2. The molecule has 0 amide bonds. The molecule has 0 aromatic rings. The molecule has 0 aliphatic carbocycles. The van der Waals surface area contributed by atoms with Crippen LogP contribution in [-0.2, 0) is 0 Å². The van der Waals surface area contributed by atoms with Crippen molar-refractivity contribution in [3.63, 3.8) is 0 Å². The molecule has 0 aliphatic rings. The van der Waals surface area contributed by atoms with Crippen molar-refractivity contribution in [1.82, 2.24) is 0 Å². The fourth-order valence-corrected chi connectivity index (χ4v) is 0. The summed E-state index contributed by atoms with van der Waals surface area (Å²) in [4.78, 5) is 0. The smallest absolute Gasteiger partial charge is 0.0715 e. The van der Waals surface area contributed by atoms with E-state index in [1.54, 1.807) is 0 Å². The maximum Gasteiger partial charge on any atom is 0.187 e. The zero-order chi connectivity index (χ0) is 7.00. The van der Waals surface area contributed by atoms with Gasteiger partial charge in [0, 0.05) is 15.2 Å². The minimum atomic E-state index is -0.720. The molecule has 0 saturated carbocycles. The van der Waals surface area contributed by atoms with Gasteiger partial charge in [0.25, 0.3) is 0 Å². The van der Waals surface area contributed by atoms with Crippen LogP contribution in [-0.4, -0.2) is 32.5 Å². The highest BCUT2D eigenvalue weighted by atomic mass is 29.3. The minimum Gasteiger partial charge on any atom is -0.0715 e. The van der Waals surface area contributed by atoms with E-state index in [4.69, 9.17) is 0 Å². The fraction of sp³-hybridized carbons (Fsp3) is 1.00. The molecule has 0 bridgehead atoms. The summed E-state index contributed by atoms with van der Waals surface area (Å²) in [5, 5.41) is 0. The van der Waals surface area contributed by atoms with E-state index in [0.717, 1.165) is 0 Å². The Bertz CT molecular complexity index is 66.0. The summed E-state index contributed by atoms with van der Waals surface area (Å²) in [6.07, 6.45) is 0. The van der Waals surface area contributed by atoms with Gasteiger partial charge in [-0.1, -0.05) is 39.3 Å². The molecular weight excluding hydrogens is 155 g/mol. The van der Waals surface area contributed by atoms with Crippen molar-refractivity contribution in [2.75, 3.05) is 0 Å². The Morgan fingerprint density at radius 1 is 0.556 bits per heavy atom. The lowest BCUT2D eigenvalue weighted by Crippen LogP contribution is -2.49. The van der Waals surface area contributed by atoms with E-state index >= 15 is 0 Å². The van der Waals surface area contributed by atoms with E-state index < -0.39 is 15.2 Å². The first-order valence-electron chi connectivity index (χ1n) is 3.25. The Balaban J connectivity index is 0. The second-order valence-electron chi connectivity index (χ2n) is 4.50. The average Bonchev–Trinajstić information content (AvgIpc) is 1.25. The van der Waals surface area contributed by atoms with Crippen LogP contribution in [0.1, 0.15) is 0 Å². The van der Waals surface area contributed by atoms with Crippen LogP contribution in [0.5, 0.6) is 0 Å². The zero-order valence-electron chi connectivity index (χ0n) is 7.00. The van der Waals surface area contributed by atoms with Gasteiger partial charge >= 0.3 is 0 Å². The highest BCUT2D eigenvalue weighted by Gasteiger charge is 2.31. The van der Waals surface area contributed by atoms with Gasteiger partial charge in [-0.05, 0) is 0 Å². The van der Waals surface area contributed by atoms with E-state index in [-0.39, 0.29) is 17.4 Å². The number of hydrogen-bond donors (Lipinski definition) is 0. The van der Waals surface area contributed by atoms with Crippen molar-refractivity contribution in [3.05, 3.63) is 0 Å². The van der Waals surface area contributed by atoms with Crippen molar-refractivity contribution >= 4 is 32.5 Å². The maximum atomic E-state index is 2.47. The summed E-state index contributed by atoms with van der Waals surface area (Å²) in [6, 6.07) is 0. The molecule has 0 nitrogen and oxygen atoms in total. The molecule has 0 aromatic carbocycles. The first-order chi connectivity index (χ1) is 3.25. The van der Waals surface area contributed by atoms with E-state index in [1.807, 2.05) is 0 Å². The van der Waals surface area contributed by atoms with Gasteiger partial charge < -0.3 is 0 Å². The molecule has 0 aromatic heterocycles. The molecule has 0 saturated heterocycles. The van der Waals surface area contributed by atoms with Crippen LogP contribution in [0.3, 0.4) is 0 Å². The zero-order valence-corrected chi connectivity index (χ0v) is 9.00. The van der Waals surface area contributed by atoms with Gasteiger partial charge in [-0.3, -0.25) is 0 Å². The van der Waals surface area contributed by atoms with E-state index in [9.17, 15) is 0 Å². The van der Waals surface area contributed by atoms with Crippen LogP contribution in [0.25, 0.3) is 0 Å². The first kappa shape index (κ1) is 12.6.